The summed E-state index contributed by atoms with van der Waals surface area (Å²) in [4.78, 5) is 2.12. The largest absolute Gasteiger partial charge is 0.378 e. The van der Waals surface area contributed by atoms with Gasteiger partial charge in [0.2, 0.25) is 0 Å². The fraction of sp³-hybridized carbons (Fsp3) is 0.320. The number of anilines is 1. The summed E-state index contributed by atoms with van der Waals surface area (Å²) < 4.78 is 2.47. The van der Waals surface area contributed by atoms with E-state index < -0.39 is 0 Å². The van der Waals surface area contributed by atoms with Gasteiger partial charge in [0.1, 0.15) is 6.54 Å². The molecule has 1 aliphatic heterocycles. The van der Waals surface area contributed by atoms with Gasteiger partial charge in [0.15, 0.2) is 11.4 Å². The predicted molar refractivity (Wildman–Crippen MR) is 117 cm³/mol. The molecule has 0 unspecified atom stereocenters. The van der Waals surface area contributed by atoms with Crippen LogP contribution < -0.4 is 9.47 Å². The summed E-state index contributed by atoms with van der Waals surface area (Å²) in [6, 6.07) is 17.6. The van der Waals surface area contributed by atoms with Crippen molar-refractivity contribution >= 4 is 17.8 Å². The Bertz CT molecular complexity index is 865. The van der Waals surface area contributed by atoms with Gasteiger partial charge in [-0.25, -0.2) is 0 Å². The van der Waals surface area contributed by atoms with Crippen molar-refractivity contribution in [2.75, 3.05) is 19.0 Å². The molecule has 0 saturated heterocycles. The standard InChI is InChI=1S/C25H31N2/c1-6-7-18-27-19(2)24-16-12-22(13-17-25(24)20(27)3)9-8-21-10-14-23(15-11-21)26(4)5/h8-17H,6-7,18H2,1-5H3/q+1. The molecule has 3 rings (SSSR count). The molecule has 0 bridgehead atoms. The number of hydrogen-bond donors (Lipinski definition) is 0. The van der Waals surface area contributed by atoms with Crippen molar-refractivity contribution in [3.05, 3.63) is 71.0 Å². The Morgan fingerprint density at radius 2 is 1.26 bits per heavy atom. The summed E-state index contributed by atoms with van der Waals surface area (Å²) in [7, 11) is 4.13. The Balaban J connectivity index is 1.87. The first-order valence-electron chi connectivity index (χ1n) is 9.89. The highest BCUT2D eigenvalue weighted by Crippen LogP contribution is 2.27. The van der Waals surface area contributed by atoms with E-state index in [1.165, 1.54) is 52.2 Å². The molecular weight excluding hydrogens is 328 g/mol. The zero-order valence-corrected chi connectivity index (χ0v) is 17.3. The second-order valence-electron chi connectivity index (χ2n) is 7.49. The molecule has 0 fully saturated rings. The van der Waals surface area contributed by atoms with Crippen molar-refractivity contribution in [2.24, 2.45) is 0 Å². The number of nitrogens with zero attached hydrogens (tertiary/aromatic N) is 2. The second-order valence-corrected chi connectivity index (χ2v) is 7.49. The van der Waals surface area contributed by atoms with E-state index in [2.05, 4.69) is 105 Å². The van der Waals surface area contributed by atoms with Gasteiger partial charge in [0.05, 0.1) is 11.1 Å². The maximum absolute atomic E-state index is 2.47. The van der Waals surface area contributed by atoms with E-state index >= 15 is 0 Å². The van der Waals surface area contributed by atoms with Gasteiger partial charge in [-0.1, -0.05) is 49.8 Å². The van der Waals surface area contributed by atoms with Crippen molar-refractivity contribution in [2.45, 2.75) is 40.2 Å². The first kappa shape index (κ1) is 19.2. The number of aromatic nitrogens is 1. The zero-order valence-electron chi connectivity index (χ0n) is 17.3. The maximum atomic E-state index is 2.47. The molecule has 1 aromatic rings. The zero-order chi connectivity index (χ0) is 19.4. The Kier molecular flexibility index (Phi) is 5.95. The Morgan fingerprint density at radius 1 is 0.778 bits per heavy atom. The average Bonchev–Trinajstić information content (AvgIpc) is 2.81. The van der Waals surface area contributed by atoms with E-state index in [9.17, 15) is 0 Å². The SMILES string of the molecule is CCCC[n+]1c(C)c2ccc(/C=C/c3ccc(N(C)C)cc3)ccc-2c1C. The average molecular weight is 360 g/mol. The van der Waals surface area contributed by atoms with E-state index in [1.807, 2.05) is 0 Å². The molecule has 2 heteroatoms. The van der Waals surface area contributed by atoms with Crippen LogP contribution in [0.5, 0.6) is 0 Å². The van der Waals surface area contributed by atoms with Gasteiger partial charge in [0.25, 0.3) is 0 Å². The van der Waals surface area contributed by atoms with Gasteiger partial charge in [-0.15, -0.1) is 0 Å². The fourth-order valence-electron chi connectivity index (χ4n) is 3.61. The topological polar surface area (TPSA) is 7.12 Å². The van der Waals surface area contributed by atoms with Crippen LogP contribution in [-0.2, 0) is 6.54 Å². The van der Waals surface area contributed by atoms with Crippen LogP contribution >= 0.6 is 0 Å². The fourth-order valence-corrected chi connectivity index (χ4v) is 3.61. The third-order valence-electron chi connectivity index (χ3n) is 5.38. The quantitative estimate of drug-likeness (QED) is 0.510. The van der Waals surface area contributed by atoms with E-state index in [-0.39, 0.29) is 0 Å². The highest BCUT2D eigenvalue weighted by atomic mass is 15.1. The monoisotopic (exact) mass is 359 g/mol. The Morgan fingerprint density at radius 3 is 1.70 bits per heavy atom. The van der Waals surface area contributed by atoms with Gasteiger partial charge in [-0.05, 0) is 35.4 Å². The third kappa shape index (κ3) is 4.21. The third-order valence-corrected chi connectivity index (χ3v) is 5.38. The van der Waals surface area contributed by atoms with E-state index in [0.717, 1.165) is 6.54 Å². The summed E-state index contributed by atoms with van der Waals surface area (Å²) in [5.74, 6) is 0. The van der Waals surface area contributed by atoms with E-state index in [1.54, 1.807) is 0 Å². The summed E-state index contributed by atoms with van der Waals surface area (Å²) in [5.41, 5.74) is 9.14. The molecule has 27 heavy (non-hydrogen) atoms. The predicted octanol–water partition coefficient (Wildman–Crippen LogP) is 5.73. The van der Waals surface area contributed by atoms with Gasteiger partial charge >= 0.3 is 0 Å². The minimum absolute atomic E-state index is 1.11. The second kappa shape index (κ2) is 8.39. The molecule has 0 aromatic heterocycles. The van der Waals surface area contributed by atoms with Gasteiger partial charge in [0, 0.05) is 40.1 Å². The molecule has 0 saturated carbocycles. The van der Waals surface area contributed by atoms with Crippen molar-refractivity contribution in [1.29, 1.82) is 0 Å². The van der Waals surface area contributed by atoms with Crippen LogP contribution in [-0.4, -0.2) is 14.1 Å². The molecule has 1 heterocycles. The van der Waals surface area contributed by atoms with Crippen LogP contribution in [0.25, 0.3) is 23.3 Å². The van der Waals surface area contributed by atoms with Crippen LogP contribution in [0.1, 0.15) is 42.3 Å². The molecule has 140 valence electrons. The molecule has 0 radical (unpaired) electrons. The van der Waals surface area contributed by atoms with Crippen molar-refractivity contribution < 1.29 is 4.57 Å². The van der Waals surface area contributed by atoms with Gasteiger partial charge in [-0.3, -0.25) is 0 Å². The lowest BCUT2D eigenvalue weighted by molar-refractivity contribution is -0.704. The summed E-state index contributed by atoms with van der Waals surface area (Å²) >= 11 is 0. The molecule has 0 N–H and O–H groups in total. The first-order valence-corrected chi connectivity index (χ1v) is 9.89. The minimum atomic E-state index is 1.11. The van der Waals surface area contributed by atoms with Crippen LogP contribution in [0.3, 0.4) is 0 Å². The first-order chi connectivity index (χ1) is 13.0. The number of hydrogen-bond acceptors (Lipinski definition) is 1. The number of rotatable bonds is 6. The molecule has 1 aromatic carbocycles. The summed E-state index contributed by atoms with van der Waals surface area (Å²) in [5, 5.41) is 0. The van der Waals surface area contributed by atoms with Crippen molar-refractivity contribution in [1.82, 2.24) is 0 Å². The minimum Gasteiger partial charge on any atom is -0.378 e. The number of unbranched alkanes of at least 4 members (excludes halogenated alkanes) is 1. The number of benzene rings is 1. The maximum Gasteiger partial charge on any atom is 0.186 e. The number of fused-ring (bicyclic) bond motifs is 1. The smallest absolute Gasteiger partial charge is 0.186 e. The highest BCUT2D eigenvalue weighted by Gasteiger charge is 2.24. The molecule has 0 spiro atoms. The van der Waals surface area contributed by atoms with E-state index in [0.29, 0.717) is 0 Å². The normalized spacial score (nSPS) is 11.4. The lowest BCUT2D eigenvalue weighted by atomic mass is 10.1. The Labute approximate surface area is 164 Å². The lowest BCUT2D eigenvalue weighted by Crippen LogP contribution is -2.37. The molecular formula is C25H31N2+. The van der Waals surface area contributed by atoms with Crippen molar-refractivity contribution in [3.8, 4) is 11.1 Å². The van der Waals surface area contributed by atoms with Crippen LogP contribution in [0.4, 0.5) is 5.69 Å². The summed E-state index contributed by atoms with van der Waals surface area (Å²) in [6.45, 7) is 7.85. The van der Waals surface area contributed by atoms with Crippen LogP contribution in [0.2, 0.25) is 0 Å². The lowest BCUT2D eigenvalue weighted by Gasteiger charge is -2.11. The van der Waals surface area contributed by atoms with E-state index in [4.69, 9.17) is 0 Å². The highest BCUT2D eigenvalue weighted by molar-refractivity contribution is 5.74. The molecule has 1 aliphatic carbocycles. The molecule has 0 amide bonds. The van der Waals surface area contributed by atoms with Crippen LogP contribution in [0.15, 0.2) is 48.5 Å². The molecule has 2 nitrogen and oxygen atoms in total. The Hall–Kier alpha value is -2.61. The van der Waals surface area contributed by atoms with Crippen LogP contribution in [0, 0.1) is 13.8 Å². The summed E-state index contributed by atoms with van der Waals surface area (Å²) in [6.07, 6.45) is 6.83. The molecule has 0 atom stereocenters. The van der Waals surface area contributed by atoms with Gasteiger partial charge < -0.3 is 4.90 Å². The van der Waals surface area contributed by atoms with Crippen molar-refractivity contribution in [3.63, 3.8) is 0 Å². The van der Waals surface area contributed by atoms with Gasteiger partial charge in [-0.2, -0.15) is 4.57 Å². The molecule has 2 aliphatic rings.